The van der Waals surface area contributed by atoms with Crippen molar-refractivity contribution in [1.29, 1.82) is 0 Å². The second-order valence-corrected chi connectivity index (χ2v) is 5.19. The molecule has 0 saturated heterocycles. The van der Waals surface area contributed by atoms with Crippen LogP contribution in [0, 0.1) is 6.92 Å². The predicted molar refractivity (Wildman–Crippen MR) is 87.7 cm³/mol. The van der Waals surface area contributed by atoms with Crippen LogP contribution in [0.25, 0.3) is 0 Å². The van der Waals surface area contributed by atoms with Gasteiger partial charge in [0.15, 0.2) is 0 Å². The number of nitrogens with one attached hydrogen (secondary N) is 2. The van der Waals surface area contributed by atoms with Gasteiger partial charge >= 0.3 is 5.69 Å². The number of carbonyl (C=O) groups excluding carboxylic acids is 1. The number of likely N-dealkylation sites (N-methyl/N-ethyl adjacent to an activating group) is 1. The van der Waals surface area contributed by atoms with Gasteiger partial charge in [-0.15, -0.1) is 0 Å². The van der Waals surface area contributed by atoms with Crippen LogP contribution in [0.4, 0.5) is 5.82 Å². The summed E-state index contributed by atoms with van der Waals surface area (Å²) >= 11 is 0. The summed E-state index contributed by atoms with van der Waals surface area (Å²) in [7, 11) is 3.33. The second-order valence-electron chi connectivity index (χ2n) is 5.19. The number of carbonyl (C=O) groups is 1. The van der Waals surface area contributed by atoms with Crippen LogP contribution in [-0.4, -0.2) is 36.6 Å². The Bertz CT molecular complexity index is 725. The summed E-state index contributed by atoms with van der Waals surface area (Å²) in [5.74, 6) is 1.12. The molecule has 1 heterocycles. The van der Waals surface area contributed by atoms with Crippen molar-refractivity contribution in [2.24, 2.45) is 0 Å². The number of anilines is 1. The fraction of sp³-hybridized carbons (Fsp3) is 0.312. The third-order valence-electron chi connectivity index (χ3n) is 3.36. The molecule has 0 radical (unpaired) electrons. The van der Waals surface area contributed by atoms with Crippen molar-refractivity contribution in [3.8, 4) is 5.75 Å². The normalized spacial score (nSPS) is 10.2. The fourth-order valence-electron chi connectivity index (χ4n) is 2.13. The lowest BCUT2D eigenvalue weighted by molar-refractivity contribution is -0.119. The topological polar surface area (TPSA) is 87.3 Å². The summed E-state index contributed by atoms with van der Waals surface area (Å²) in [4.78, 5) is 31.4. The van der Waals surface area contributed by atoms with Gasteiger partial charge in [0.25, 0.3) is 0 Å². The van der Waals surface area contributed by atoms with Crippen LogP contribution >= 0.6 is 0 Å². The Morgan fingerprint density at radius 2 is 2.04 bits per heavy atom. The number of nitrogens with zero attached hydrogens (tertiary/aromatic N) is 2. The summed E-state index contributed by atoms with van der Waals surface area (Å²) in [6.07, 6.45) is 1.58. The largest absolute Gasteiger partial charge is 0.497 e. The number of benzene rings is 1. The molecule has 2 N–H and O–H groups in total. The maximum atomic E-state index is 12.0. The van der Waals surface area contributed by atoms with Crippen LogP contribution < -0.4 is 20.6 Å². The van der Waals surface area contributed by atoms with Gasteiger partial charge in [0.2, 0.25) is 5.91 Å². The van der Waals surface area contributed by atoms with E-state index in [2.05, 4.69) is 15.3 Å². The average Bonchev–Trinajstić information content (AvgIpc) is 2.55. The Labute approximate surface area is 134 Å². The molecule has 0 atom stereocenters. The molecule has 0 aliphatic rings. The van der Waals surface area contributed by atoms with Gasteiger partial charge in [-0.3, -0.25) is 4.79 Å². The zero-order chi connectivity index (χ0) is 16.8. The number of hydrogen-bond acceptors (Lipinski definition) is 5. The van der Waals surface area contributed by atoms with Gasteiger partial charge < -0.3 is 19.9 Å². The fourth-order valence-corrected chi connectivity index (χ4v) is 2.13. The molecule has 7 nitrogen and oxygen atoms in total. The minimum absolute atomic E-state index is 0.119. The number of aromatic nitrogens is 2. The highest BCUT2D eigenvalue weighted by molar-refractivity contribution is 5.81. The van der Waals surface area contributed by atoms with E-state index in [4.69, 9.17) is 4.74 Å². The molecule has 2 aromatic rings. The highest BCUT2D eigenvalue weighted by Crippen LogP contribution is 2.12. The van der Waals surface area contributed by atoms with Crippen molar-refractivity contribution < 1.29 is 9.53 Å². The highest BCUT2D eigenvalue weighted by atomic mass is 16.5. The van der Waals surface area contributed by atoms with Crippen molar-refractivity contribution >= 4 is 11.7 Å². The number of rotatable bonds is 6. The first kappa shape index (κ1) is 16.5. The maximum Gasteiger partial charge on any atom is 0.346 e. The number of aromatic amines is 1. The summed E-state index contributed by atoms with van der Waals surface area (Å²) in [6, 6.07) is 7.48. The Kier molecular flexibility index (Phi) is 5.35. The van der Waals surface area contributed by atoms with Crippen LogP contribution in [0.15, 0.2) is 35.3 Å². The number of hydrogen-bond donors (Lipinski definition) is 2. The van der Waals surface area contributed by atoms with E-state index in [-0.39, 0.29) is 12.5 Å². The molecule has 1 amide bonds. The zero-order valence-corrected chi connectivity index (χ0v) is 13.4. The van der Waals surface area contributed by atoms with E-state index < -0.39 is 5.69 Å². The Balaban J connectivity index is 1.90. The highest BCUT2D eigenvalue weighted by Gasteiger charge is 2.11. The number of ether oxygens (including phenoxy) is 1. The Morgan fingerprint density at radius 3 is 2.70 bits per heavy atom. The van der Waals surface area contributed by atoms with E-state index in [1.165, 1.54) is 0 Å². The van der Waals surface area contributed by atoms with Crippen molar-refractivity contribution in [3.05, 3.63) is 52.1 Å². The van der Waals surface area contributed by atoms with Crippen LogP contribution in [0.5, 0.6) is 5.75 Å². The van der Waals surface area contributed by atoms with E-state index in [0.29, 0.717) is 12.4 Å². The first-order chi connectivity index (χ1) is 11.0. The van der Waals surface area contributed by atoms with Gasteiger partial charge in [0.1, 0.15) is 11.6 Å². The predicted octanol–water partition coefficient (Wildman–Crippen LogP) is 0.840. The molecule has 0 spiro atoms. The molecule has 2 rings (SSSR count). The summed E-state index contributed by atoms with van der Waals surface area (Å²) < 4.78 is 5.09. The first-order valence-electron chi connectivity index (χ1n) is 7.16. The van der Waals surface area contributed by atoms with Crippen molar-refractivity contribution in [3.63, 3.8) is 0 Å². The zero-order valence-electron chi connectivity index (χ0n) is 13.4. The molecule has 7 heteroatoms. The van der Waals surface area contributed by atoms with E-state index in [9.17, 15) is 9.59 Å². The minimum Gasteiger partial charge on any atom is -0.497 e. The molecule has 0 unspecified atom stereocenters. The summed E-state index contributed by atoms with van der Waals surface area (Å²) in [5.41, 5.74) is 1.35. The number of methoxy groups -OCH3 is 1. The van der Waals surface area contributed by atoms with Crippen LogP contribution in [0.3, 0.4) is 0 Å². The molecular weight excluding hydrogens is 296 g/mol. The molecule has 0 saturated carbocycles. The van der Waals surface area contributed by atoms with Crippen LogP contribution in [0.1, 0.15) is 11.1 Å². The monoisotopic (exact) mass is 316 g/mol. The summed E-state index contributed by atoms with van der Waals surface area (Å²) in [5, 5.41) is 2.84. The first-order valence-corrected chi connectivity index (χ1v) is 7.16. The van der Waals surface area contributed by atoms with Gasteiger partial charge in [0.05, 0.1) is 13.7 Å². The quantitative estimate of drug-likeness (QED) is 0.824. The van der Waals surface area contributed by atoms with Crippen molar-refractivity contribution in [2.75, 3.05) is 25.6 Å². The van der Waals surface area contributed by atoms with E-state index in [1.807, 2.05) is 31.2 Å². The molecular formula is C16H20N4O3. The van der Waals surface area contributed by atoms with Crippen molar-refractivity contribution in [2.45, 2.75) is 13.5 Å². The van der Waals surface area contributed by atoms with E-state index in [0.717, 1.165) is 16.9 Å². The molecule has 1 aromatic heterocycles. The smallest absolute Gasteiger partial charge is 0.346 e. The lowest BCUT2D eigenvalue weighted by Gasteiger charge is -2.19. The maximum absolute atomic E-state index is 12.0. The third kappa shape index (κ3) is 4.57. The Hall–Kier alpha value is -2.83. The SMILES string of the molecule is COc1ccc(CNC(=O)CN(C)c2nc(=O)[nH]cc2C)cc1. The van der Waals surface area contributed by atoms with Gasteiger partial charge in [-0.2, -0.15) is 4.98 Å². The minimum atomic E-state index is -0.434. The van der Waals surface area contributed by atoms with Crippen LogP contribution in [-0.2, 0) is 11.3 Å². The van der Waals surface area contributed by atoms with E-state index in [1.54, 1.807) is 25.3 Å². The second kappa shape index (κ2) is 7.44. The van der Waals surface area contributed by atoms with E-state index >= 15 is 0 Å². The Morgan fingerprint density at radius 1 is 1.35 bits per heavy atom. The van der Waals surface area contributed by atoms with Gasteiger partial charge in [0, 0.05) is 25.4 Å². The molecule has 0 bridgehead atoms. The van der Waals surface area contributed by atoms with Crippen LogP contribution in [0.2, 0.25) is 0 Å². The van der Waals surface area contributed by atoms with Gasteiger partial charge in [-0.1, -0.05) is 12.1 Å². The molecule has 23 heavy (non-hydrogen) atoms. The van der Waals surface area contributed by atoms with Gasteiger partial charge in [-0.05, 0) is 24.6 Å². The molecule has 1 aromatic carbocycles. The van der Waals surface area contributed by atoms with Crippen molar-refractivity contribution in [1.82, 2.24) is 15.3 Å². The molecule has 0 aliphatic carbocycles. The lowest BCUT2D eigenvalue weighted by atomic mass is 10.2. The summed E-state index contributed by atoms with van der Waals surface area (Å²) in [6.45, 7) is 2.37. The molecule has 122 valence electrons. The standard InChI is InChI=1S/C16H20N4O3/c1-11-8-18-16(22)19-15(11)20(2)10-14(21)17-9-12-4-6-13(23-3)7-5-12/h4-8H,9-10H2,1-3H3,(H,17,21)(H,18,19,22). The number of amides is 1. The number of aryl methyl sites for hydroxylation is 1. The number of H-pyrrole nitrogens is 1. The third-order valence-corrected chi connectivity index (χ3v) is 3.36. The molecule has 0 aliphatic heterocycles. The molecule has 0 fully saturated rings. The average molecular weight is 316 g/mol. The lowest BCUT2D eigenvalue weighted by Crippen LogP contribution is -2.36. The van der Waals surface area contributed by atoms with Gasteiger partial charge in [-0.25, -0.2) is 4.79 Å².